The number of nitrogens with zero attached hydrogens (tertiary/aromatic N) is 4. The lowest BCUT2D eigenvalue weighted by Gasteiger charge is -2.16. The molecule has 0 aliphatic rings. The first-order valence-electron chi connectivity index (χ1n) is 6.88. The first-order valence-corrected chi connectivity index (χ1v) is 7.26. The maximum atomic E-state index is 6.09. The van der Waals surface area contributed by atoms with Gasteiger partial charge in [-0.1, -0.05) is 30.7 Å². The van der Waals surface area contributed by atoms with Gasteiger partial charge in [-0.3, -0.25) is 0 Å². The Bertz CT molecular complexity index is 540. The van der Waals surface area contributed by atoms with E-state index in [1.165, 1.54) is 10.4 Å². The molecule has 1 unspecified atom stereocenters. The quantitative estimate of drug-likeness (QED) is 0.795. The van der Waals surface area contributed by atoms with E-state index in [1.807, 2.05) is 18.2 Å². The SMILES string of the molecule is CCCNCC(Cc1nnn(C)n1)c1cccc(Cl)c1. The Balaban J connectivity index is 2.11. The molecule has 0 saturated heterocycles. The number of tetrazole rings is 1. The molecule has 1 aromatic heterocycles. The average molecular weight is 294 g/mol. The Kier molecular flexibility index (Phi) is 5.49. The summed E-state index contributed by atoms with van der Waals surface area (Å²) in [6, 6.07) is 7.98. The third kappa shape index (κ3) is 4.28. The molecule has 0 saturated carbocycles. The number of halogens is 1. The smallest absolute Gasteiger partial charge is 0.175 e. The van der Waals surface area contributed by atoms with Gasteiger partial charge in [-0.15, -0.1) is 10.2 Å². The van der Waals surface area contributed by atoms with Gasteiger partial charge < -0.3 is 5.32 Å². The standard InChI is InChI=1S/C14H20ClN5/c1-3-7-16-10-12(9-14-17-19-20(2)18-14)11-5-4-6-13(15)8-11/h4-6,8,12,16H,3,7,9-10H2,1-2H3. The van der Waals surface area contributed by atoms with Crippen molar-refractivity contribution in [3.8, 4) is 0 Å². The van der Waals surface area contributed by atoms with E-state index >= 15 is 0 Å². The Hall–Kier alpha value is -1.46. The zero-order valence-corrected chi connectivity index (χ0v) is 12.6. The van der Waals surface area contributed by atoms with Gasteiger partial charge in [0.25, 0.3) is 0 Å². The van der Waals surface area contributed by atoms with Gasteiger partial charge >= 0.3 is 0 Å². The lowest BCUT2D eigenvalue weighted by molar-refractivity contribution is 0.563. The van der Waals surface area contributed by atoms with E-state index in [1.54, 1.807) is 7.05 Å². The molecule has 0 fully saturated rings. The fraction of sp³-hybridized carbons (Fsp3) is 0.500. The number of rotatable bonds is 7. The van der Waals surface area contributed by atoms with E-state index in [2.05, 4.69) is 33.7 Å². The predicted octanol–water partition coefficient (Wildman–Crippen LogP) is 2.19. The molecule has 2 aromatic rings. The largest absolute Gasteiger partial charge is 0.316 e. The van der Waals surface area contributed by atoms with E-state index in [0.29, 0.717) is 5.92 Å². The Morgan fingerprint density at radius 2 is 2.25 bits per heavy atom. The molecule has 0 amide bonds. The van der Waals surface area contributed by atoms with Gasteiger partial charge in [0.05, 0.1) is 7.05 Å². The van der Waals surface area contributed by atoms with Crippen LogP contribution in [0, 0.1) is 0 Å². The van der Waals surface area contributed by atoms with Crippen LogP contribution in [0.5, 0.6) is 0 Å². The van der Waals surface area contributed by atoms with E-state index in [0.717, 1.165) is 36.8 Å². The first kappa shape index (κ1) is 14.9. The highest BCUT2D eigenvalue weighted by Crippen LogP contribution is 2.22. The molecule has 6 heteroatoms. The number of hydrogen-bond donors (Lipinski definition) is 1. The topological polar surface area (TPSA) is 55.6 Å². The molecule has 20 heavy (non-hydrogen) atoms. The van der Waals surface area contributed by atoms with Crippen LogP contribution in [0.25, 0.3) is 0 Å². The van der Waals surface area contributed by atoms with Gasteiger partial charge in [-0.2, -0.15) is 4.80 Å². The summed E-state index contributed by atoms with van der Waals surface area (Å²) in [6.45, 7) is 4.04. The molecular weight excluding hydrogens is 274 g/mol. The number of aryl methyl sites for hydroxylation is 1. The summed E-state index contributed by atoms with van der Waals surface area (Å²) in [5, 5.41) is 16.4. The minimum absolute atomic E-state index is 0.296. The van der Waals surface area contributed by atoms with Crippen molar-refractivity contribution in [3.05, 3.63) is 40.7 Å². The zero-order valence-electron chi connectivity index (χ0n) is 11.9. The highest BCUT2D eigenvalue weighted by atomic mass is 35.5. The van der Waals surface area contributed by atoms with Crippen molar-refractivity contribution in [2.75, 3.05) is 13.1 Å². The molecule has 0 bridgehead atoms. The van der Waals surface area contributed by atoms with Crippen LogP contribution in [0.3, 0.4) is 0 Å². The lowest BCUT2D eigenvalue weighted by atomic mass is 9.95. The van der Waals surface area contributed by atoms with Crippen LogP contribution in [0.15, 0.2) is 24.3 Å². The Morgan fingerprint density at radius 1 is 1.40 bits per heavy atom. The number of benzene rings is 1. The summed E-state index contributed by atoms with van der Waals surface area (Å²) in [5.41, 5.74) is 1.20. The van der Waals surface area contributed by atoms with Crippen molar-refractivity contribution in [1.82, 2.24) is 25.5 Å². The van der Waals surface area contributed by atoms with Crippen LogP contribution in [-0.4, -0.2) is 33.3 Å². The van der Waals surface area contributed by atoms with Gasteiger partial charge in [-0.25, -0.2) is 0 Å². The first-order chi connectivity index (χ1) is 9.69. The number of hydrogen-bond acceptors (Lipinski definition) is 4. The molecule has 1 N–H and O–H groups in total. The maximum absolute atomic E-state index is 6.09. The maximum Gasteiger partial charge on any atom is 0.175 e. The monoisotopic (exact) mass is 293 g/mol. The minimum Gasteiger partial charge on any atom is -0.316 e. The second-order valence-electron chi connectivity index (χ2n) is 4.86. The van der Waals surface area contributed by atoms with Crippen molar-refractivity contribution in [1.29, 1.82) is 0 Å². The molecular formula is C14H20ClN5. The third-order valence-corrected chi connectivity index (χ3v) is 3.35. The fourth-order valence-corrected chi connectivity index (χ4v) is 2.35. The van der Waals surface area contributed by atoms with Crippen molar-refractivity contribution in [2.24, 2.45) is 7.05 Å². The van der Waals surface area contributed by atoms with Gasteiger partial charge in [-0.05, 0) is 35.9 Å². The van der Waals surface area contributed by atoms with E-state index in [-0.39, 0.29) is 0 Å². The molecule has 2 rings (SSSR count). The van der Waals surface area contributed by atoms with E-state index < -0.39 is 0 Å². The highest BCUT2D eigenvalue weighted by molar-refractivity contribution is 6.30. The molecule has 0 aliphatic carbocycles. The Morgan fingerprint density at radius 3 is 2.90 bits per heavy atom. The summed E-state index contributed by atoms with van der Waals surface area (Å²) >= 11 is 6.09. The molecule has 108 valence electrons. The van der Waals surface area contributed by atoms with Gasteiger partial charge in [0.2, 0.25) is 0 Å². The molecule has 1 heterocycles. The van der Waals surface area contributed by atoms with Gasteiger partial charge in [0.1, 0.15) is 0 Å². The van der Waals surface area contributed by atoms with Crippen LogP contribution >= 0.6 is 11.6 Å². The van der Waals surface area contributed by atoms with Gasteiger partial charge in [0.15, 0.2) is 5.82 Å². The number of nitrogens with one attached hydrogen (secondary N) is 1. The van der Waals surface area contributed by atoms with E-state index in [4.69, 9.17) is 11.6 Å². The highest BCUT2D eigenvalue weighted by Gasteiger charge is 2.15. The second-order valence-corrected chi connectivity index (χ2v) is 5.29. The molecule has 1 atom stereocenters. The average Bonchev–Trinajstić information content (AvgIpc) is 2.83. The van der Waals surface area contributed by atoms with Gasteiger partial charge in [0, 0.05) is 23.9 Å². The van der Waals surface area contributed by atoms with Crippen LogP contribution in [0.1, 0.15) is 30.7 Å². The summed E-state index contributed by atoms with van der Waals surface area (Å²) in [5.74, 6) is 1.06. The molecule has 0 spiro atoms. The second kappa shape index (κ2) is 7.36. The van der Waals surface area contributed by atoms with Crippen LogP contribution in [-0.2, 0) is 13.5 Å². The predicted molar refractivity (Wildman–Crippen MR) is 79.9 cm³/mol. The zero-order chi connectivity index (χ0) is 14.4. The summed E-state index contributed by atoms with van der Waals surface area (Å²) in [7, 11) is 1.78. The van der Waals surface area contributed by atoms with Crippen molar-refractivity contribution in [3.63, 3.8) is 0 Å². The molecule has 1 aromatic carbocycles. The lowest BCUT2D eigenvalue weighted by Crippen LogP contribution is -2.24. The Labute approximate surface area is 124 Å². The fourth-order valence-electron chi connectivity index (χ4n) is 2.15. The number of aromatic nitrogens is 4. The van der Waals surface area contributed by atoms with Crippen molar-refractivity contribution < 1.29 is 0 Å². The van der Waals surface area contributed by atoms with E-state index in [9.17, 15) is 0 Å². The summed E-state index contributed by atoms with van der Waals surface area (Å²) in [6.07, 6.45) is 1.87. The van der Waals surface area contributed by atoms with Crippen LogP contribution in [0.2, 0.25) is 5.02 Å². The molecule has 0 radical (unpaired) electrons. The molecule has 0 aliphatic heterocycles. The van der Waals surface area contributed by atoms with Crippen LogP contribution < -0.4 is 5.32 Å². The van der Waals surface area contributed by atoms with Crippen molar-refractivity contribution in [2.45, 2.75) is 25.7 Å². The van der Waals surface area contributed by atoms with Crippen molar-refractivity contribution >= 4 is 11.6 Å². The minimum atomic E-state index is 0.296. The third-order valence-electron chi connectivity index (χ3n) is 3.12. The summed E-state index contributed by atoms with van der Waals surface area (Å²) < 4.78 is 0. The normalized spacial score (nSPS) is 12.6. The summed E-state index contributed by atoms with van der Waals surface area (Å²) in [4.78, 5) is 1.49. The molecule has 5 nitrogen and oxygen atoms in total. The van der Waals surface area contributed by atoms with Crippen LogP contribution in [0.4, 0.5) is 0 Å².